The predicted octanol–water partition coefficient (Wildman–Crippen LogP) is 0.424. The predicted molar refractivity (Wildman–Crippen MR) is 73.4 cm³/mol. The van der Waals surface area contributed by atoms with E-state index in [1.165, 1.54) is 0 Å². The lowest BCUT2D eigenvalue weighted by Crippen LogP contribution is -2.48. The van der Waals surface area contributed by atoms with Crippen molar-refractivity contribution in [1.82, 2.24) is 10.6 Å². The molecule has 1 heterocycles. The van der Waals surface area contributed by atoms with Gasteiger partial charge in [-0.3, -0.25) is 9.59 Å². The molecule has 5 nitrogen and oxygen atoms in total. The second-order valence-electron chi connectivity index (χ2n) is 5.09. The van der Waals surface area contributed by atoms with E-state index >= 15 is 0 Å². The third-order valence-corrected chi connectivity index (χ3v) is 3.22. The van der Waals surface area contributed by atoms with E-state index < -0.39 is 11.9 Å². The average Bonchev–Trinajstić information content (AvgIpc) is 2.26. The molecular formula is C12H24ClN3O2. The van der Waals surface area contributed by atoms with Gasteiger partial charge in [-0.1, -0.05) is 13.8 Å². The van der Waals surface area contributed by atoms with Gasteiger partial charge in [-0.25, -0.2) is 0 Å². The normalized spacial score (nSPS) is 17.9. The number of piperidine rings is 1. The van der Waals surface area contributed by atoms with Crippen LogP contribution in [0.4, 0.5) is 0 Å². The molecule has 0 radical (unpaired) electrons. The zero-order valence-electron chi connectivity index (χ0n) is 11.1. The highest BCUT2D eigenvalue weighted by Gasteiger charge is 2.23. The SMILES string of the molecule is CC(C)C(NC(=O)CC1CCNCC1)C(N)=O.Cl. The maximum Gasteiger partial charge on any atom is 0.240 e. The lowest BCUT2D eigenvalue weighted by Gasteiger charge is -2.24. The van der Waals surface area contributed by atoms with Gasteiger partial charge >= 0.3 is 0 Å². The summed E-state index contributed by atoms with van der Waals surface area (Å²) in [5, 5.41) is 5.99. The fraction of sp³-hybridized carbons (Fsp3) is 0.833. The molecule has 18 heavy (non-hydrogen) atoms. The Morgan fingerprint density at radius 3 is 2.33 bits per heavy atom. The second kappa shape index (κ2) is 8.32. The Labute approximate surface area is 115 Å². The first-order valence-corrected chi connectivity index (χ1v) is 6.30. The molecule has 106 valence electrons. The molecule has 6 heteroatoms. The molecule has 0 aliphatic carbocycles. The van der Waals surface area contributed by atoms with Gasteiger partial charge in [0, 0.05) is 6.42 Å². The number of primary amides is 1. The Balaban J connectivity index is 0.00000289. The third kappa shape index (κ3) is 5.69. The lowest BCUT2D eigenvalue weighted by molar-refractivity contribution is -0.129. The lowest BCUT2D eigenvalue weighted by atomic mass is 9.94. The summed E-state index contributed by atoms with van der Waals surface area (Å²) in [6.07, 6.45) is 2.55. The number of nitrogens with two attached hydrogens (primary N) is 1. The molecule has 0 saturated carbocycles. The molecule has 0 spiro atoms. The number of nitrogens with one attached hydrogen (secondary N) is 2. The van der Waals surface area contributed by atoms with Gasteiger partial charge in [0.2, 0.25) is 11.8 Å². The molecule has 1 rings (SSSR count). The monoisotopic (exact) mass is 277 g/mol. The molecule has 1 unspecified atom stereocenters. The van der Waals surface area contributed by atoms with Crippen LogP contribution in [0, 0.1) is 11.8 Å². The molecule has 1 fully saturated rings. The van der Waals surface area contributed by atoms with Gasteiger partial charge in [-0.2, -0.15) is 0 Å². The van der Waals surface area contributed by atoms with Gasteiger partial charge in [0.15, 0.2) is 0 Å². The van der Waals surface area contributed by atoms with E-state index in [1.54, 1.807) is 0 Å². The fourth-order valence-corrected chi connectivity index (χ4v) is 2.15. The van der Waals surface area contributed by atoms with Crippen molar-refractivity contribution >= 4 is 24.2 Å². The number of halogens is 1. The Bertz CT molecular complexity index is 278. The Hall–Kier alpha value is -0.810. The molecule has 2 amide bonds. The van der Waals surface area contributed by atoms with E-state index in [9.17, 15) is 9.59 Å². The maximum absolute atomic E-state index is 11.8. The average molecular weight is 278 g/mol. The van der Waals surface area contributed by atoms with E-state index in [2.05, 4.69) is 10.6 Å². The largest absolute Gasteiger partial charge is 0.368 e. The van der Waals surface area contributed by atoms with Crippen LogP contribution in [0.2, 0.25) is 0 Å². The van der Waals surface area contributed by atoms with Crippen molar-refractivity contribution in [3.63, 3.8) is 0 Å². The molecule has 0 aromatic rings. The van der Waals surface area contributed by atoms with E-state index in [-0.39, 0.29) is 24.2 Å². The molecular weight excluding hydrogens is 254 g/mol. The molecule has 1 aliphatic heterocycles. The number of rotatable bonds is 5. The Morgan fingerprint density at radius 1 is 1.33 bits per heavy atom. The first kappa shape index (κ1) is 17.2. The summed E-state index contributed by atoms with van der Waals surface area (Å²) in [5.41, 5.74) is 5.26. The standard InChI is InChI=1S/C12H23N3O2.ClH/c1-8(2)11(12(13)17)15-10(16)7-9-3-5-14-6-4-9;/h8-9,11,14H,3-7H2,1-2H3,(H2,13,17)(H,15,16);1H. The van der Waals surface area contributed by atoms with Crippen LogP contribution in [0.25, 0.3) is 0 Å². The topological polar surface area (TPSA) is 84.2 Å². The Kier molecular flexibility index (Phi) is 7.95. The molecule has 0 bridgehead atoms. The van der Waals surface area contributed by atoms with Crippen molar-refractivity contribution < 1.29 is 9.59 Å². The zero-order valence-corrected chi connectivity index (χ0v) is 11.9. The quantitative estimate of drug-likeness (QED) is 0.681. The third-order valence-electron chi connectivity index (χ3n) is 3.22. The van der Waals surface area contributed by atoms with E-state index in [1.807, 2.05) is 13.8 Å². The summed E-state index contributed by atoms with van der Waals surface area (Å²) in [4.78, 5) is 23.0. The number of carbonyl (C=O) groups excluding carboxylic acids is 2. The van der Waals surface area contributed by atoms with Crippen molar-refractivity contribution in [3.05, 3.63) is 0 Å². The number of amides is 2. The summed E-state index contributed by atoms with van der Waals surface area (Å²) >= 11 is 0. The molecule has 1 aliphatic rings. The van der Waals surface area contributed by atoms with Gasteiger partial charge in [0.05, 0.1) is 0 Å². The van der Waals surface area contributed by atoms with Crippen LogP contribution < -0.4 is 16.4 Å². The fourth-order valence-electron chi connectivity index (χ4n) is 2.15. The van der Waals surface area contributed by atoms with Crippen LogP contribution in [0.1, 0.15) is 33.1 Å². The highest BCUT2D eigenvalue weighted by atomic mass is 35.5. The molecule has 1 saturated heterocycles. The van der Waals surface area contributed by atoms with E-state index in [4.69, 9.17) is 5.73 Å². The van der Waals surface area contributed by atoms with Crippen LogP contribution in [-0.2, 0) is 9.59 Å². The molecule has 1 atom stereocenters. The smallest absolute Gasteiger partial charge is 0.240 e. The highest BCUT2D eigenvalue weighted by molar-refractivity contribution is 5.86. The summed E-state index contributed by atoms with van der Waals surface area (Å²) in [5.74, 6) is -0.0607. The van der Waals surface area contributed by atoms with Crippen LogP contribution in [0.15, 0.2) is 0 Å². The van der Waals surface area contributed by atoms with Gasteiger partial charge < -0.3 is 16.4 Å². The second-order valence-corrected chi connectivity index (χ2v) is 5.09. The summed E-state index contributed by atoms with van der Waals surface area (Å²) < 4.78 is 0. The maximum atomic E-state index is 11.8. The number of hydrogen-bond acceptors (Lipinski definition) is 3. The van der Waals surface area contributed by atoms with Crippen molar-refractivity contribution in [2.24, 2.45) is 17.6 Å². The summed E-state index contributed by atoms with van der Waals surface area (Å²) in [7, 11) is 0. The van der Waals surface area contributed by atoms with Crippen molar-refractivity contribution in [2.45, 2.75) is 39.2 Å². The van der Waals surface area contributed by atoms with Crippen LogP contribution in [0.3, 0.4) is 0 Å². The van der Waals surface area contributed by atoms with E-state index in [0.717, 1.165) is 25.9 Å². The highest BCUT2D eigenvalue weighted by Crippen LogP contribution is 2.15. The van der Waals surface area contributed by atoms with Crippen molar-refractivity contribution in [3.8, 4) is 0 Å². The van der Waals surface area contributed by atoms with Gasteiger partial charge in [-0.15, -0.1) is 12.4 Å². The summed E-state index contributed by atoms with van der Waals surface area (Å²) in [6.45, 7) is 5.70. The van der Waals surface area contributed by atoms with Gasteiger partial charge in [0.1, 0.15) is 6.04 Å². The van der Waals surface area contributed by atoms with Gasteiger partial charge in [0.25, 0.3) is 0 Å². The molecule has 4 N–H and O–H groups in total. The van der Waals surface area contributed by atoms with Crippen molar-refractivity contribution in [2.75, 3.05) is 13.1 Å². The minimum Gasteiger partial charge on any atom is -0.368 e. The summed E-state index contributed by atoms with van der Waals surface area (Å²) in [6, 6.07) is -0.552. The van der Waals surface area contributed by atoms with E-state index in [0.29, 0.717) is 12.3 Å². The molecule has 0 aromatic carbocycles. The first-order chi connectivity index (χ1) is 8.00. The number of carbonyl (C=O) groups is 2. The van der Waals surface area contributed by atoms with Crippen molar-refractivity contribution in [1.29, 1.82) is 0 Å². The first-order valence-electron chi connectivity index (χ1n) is 6.30. The minimum atomic E-state index is -0.552. The van der Waals surface area contributed by atoms with Crippen LogP contribution in [-0.4, -0.2) is 30.9 Å². The van der Waals surface area contributed by atoms with Crippen LogP contribution >= 0.6 is 12.4 Å². The minimum absolute atomic E-state index is 0. The van der Waals surface area contributed by atoms with Crippen LogP contribution in [0.5, 0.6) is 0 Å². The van der Waals surface area contributed by atoms with Gasteiger partial charge in [-0.05, 0) is 37.8 Å². The number of hydrogen-bond donors (Lipinski definition) is 3. The zero-order chi connectivity index (χ0) is 12.8. The Morgan fingerprint density at radius 2 is 1.89 bits per heavy atom. The molecule has 0 aromatic heterocycles.